The van der Waals surface area contributed by atoms with Crippen LogP contribution in [0, 0.1) is 35.6 Å². The average molecular weight is 362 g/mol. The molecule has 0 N–H and O–H groups in total. The molecule has 8 valence electrons. The summed E-state index contributed by atoms with van der Waals surface area (Å²) in [5, 5.41) is 0. The van der Waals surface area contributed by atoms with Gasteiger partial charge in [-0.05, 0) is 0 Å². The Kier molecular flexibility index (Phi) is 186. The van der Waals surface area contributed by atoms with E-state index in [2.05, 4.69) is 0 Å². The van der Waals surface area contributed by atoms with E-state index in [9.17, 15) is 0 Å². The first kappa shape index (κ1) is 37.2. The molecule has 0 fully saturated rings. The molecule has 0 aliphatic carbocycles. The zero-order valence-electron chi connectivity index (χ0n) is 2.93. The maximum absolute atomic E-state index is 0. The van der Waals surface area contributed by atoms with Gasteiger partial charge in [-0.25, -0.2) is 0 Å². The first-order valence-corrected chi connectivity index (χ1v) is 0. The third kappa shape index (κ3) is 18.2. The van der Waals surface area contributed by atoms with Gasteiger partial charge in [0, 0.05) is 0 Å². The quantitative estimate of drug-likeness (QED) is 0.409. The number of hydrogen-bond acceptors (Lipinski definition) is 0. The molecule has 0 spiro atoms. The Morgan fingerprint density at radius 3 is 1.00 bits per heavy atom. The molecule has 0 aromatic heterocycles. The largest absolute Gasteiger partial charge is 5.00 e. The molecule has 0 atom stereocenters. The summed E-state index contributed by atoms with van der Waals surface area (Å²) in [7, 11) is 0. The van der Waals surface area contributed by atoms with Crippen LogP contribution in [0.15, 0.2) is 0 Å². The van der Waals surface area contributed by atoms with E-state index in [1.807, 2.05) is 0 Å². The Morgan fingerprint density at radius 2 is 1.00 bits per heavy atom. The molecule has 0 unspecified atom stereocenters. The molecule has 0 aliphatic rings. The minimum atomic E-state index is 0. The van der Waals surface area contributed by atoms with Gasteiger partial charge in [-0.3, -0.25) is 0 Å². The Morgan fingerprint density at radius 1 is 1.00 bits per heavy atom. The second-order valence-corrected chi connectivity index (χ2v) is 0. The Hall–Kier alpha value is 3.78. The van der Waals surface area contributed by atoms with Gasteiger partial charge >= 0.3 is 114 Å². The summed E-state index contributed by atoms with van der Waals surface area (Å²) in [6, 6.07) is 0. The summed E-state index contributed by atoms with van der Waals surface area (Å²) in [4.78, 5) is 0. The molecule has 5 heavy (non-hydrogen) atoms. The Balaban J connectivity index is 0. The standard InChI is InChI=1S/La.Na.Nb.O.Zr/q+3;+1;+5;-2;+4. The Bertz CT molecular complexity index is 11.6. The van der Waals surface area contributed by atoms with Crippen molar-refractivity contribution in [2.75, 3.05) is 0 Å². The van der Waals surface area contributed by atoms with Crippen molar-refractivity contribution in [3.63, 3.8) is 0 Å². The van der Waals surface area contributed by atoms with E-state index < -0.39 is 0 Å². The summed E-state index contributed by atoms with van der Waals surface area (Å²) in [6.45, 7) is 0. The predicted octanol–water partition coefficient (Wildman–Crippen LogP) is -3.12. The minimum absolute atomic E-state index is 0. The molecule has 0 radical (unpaired) electrons. The smallest absolute Gasteiger partial charge is 2.00 e. The van der Waals surface area contributed by atoms with Gasteiger partial charge in [0.15, 0.2) is 0 Å². The van der Waals surface area contributed by atoms with Crippen molar-refractivity contribution >= 4 is 0 Å². The SMILES string of the molecule is [La+3].[Na+].[Nb+5].[O-2].[Zr+4]. The van der Waals surface area contributed by atoms with Crippen LogP contribution in [0.2, 0.25) is 0 Å². The molecular formula is LaNaNbOZr+11. The molecule has 0 saturated heterocycles. The molecule has 0 amide bonds. The fourth-order valence-electron chi connectivity index (χ4n) is 0. The fourth-order valence-corrected chi connectivity index (χ4v) is 0. The van der Waals surface area contributed by atoms with Gasteiger partial charge in [-0.1, -0.05) is 0 Å². The first-order chi connectivity index (χ1) is 0. The van der Waals surface area contributed by atoms with Crippen LogP contribution in [0.1, 0.15) is 0 Å². The maximum Gasteiger partial charge on any atom is 5.00 e. The van der Waals surface area contributed by atoms with Gasteiger partial charge in [0.25, 0.3) is 0 Å². The topological polar surface area (TPSA) is 28.5 Å². The van der Waals surface area contributed by atoms with Crippen molar-refractivity contribution in [1.82, 2.24) is 0 Å². The predicted molar refractivity (Wildman–Crippen MR) is 0.686 cm³/mol. The van der Waals surface area contributed by atoms with Gasteiger partial charge in [0.05, 0.1) is 0 Å². The second kappa shape index (κ2) is 25.0. The molecule has 0 heterocycles. The molecule has 0 aliphatic heterocycles. The molecule has 0 aromatic carbocycles. The zero-order valence-corrected chi connectivity index (χ0v) is 13.2. The third-order valence-corrected chi connectivity index (χ3v) is 0. The van der Waals surface area contributed by atoms with E-state index in [4.69, 9.17) is 0 Å². The fraction of sp³-hybridized carbons (Fsp3) is 0. The van der Waals surface area contributed by atoms with Crippen LogP contribution in [-0.4, -0.2) is 0 Å². The summed E-state index contributed by atoms with van der Waals surface area (Å²) in [5.74, 6) is 0. The zero-order chi connectivity index (χ0) is 0. The van der Waals surface area contributed by atoms with E-state index >= 15 is 0 Å². The van der Waals surface area contributed by atoms with Crippen molar-refractivity contribution in [1.29, 1.82) is 0 Å². The van der Waals surface area contributed by atoms with Crippen LogP contribution in [0.4, 0.5) is 0 Å². The van der Waals surface area contributed by atoms with Crippen molar-refractivity contribution in [3.8, 4) is 0 Å². The Labute approximate surface area is 116 Å². The van der Waals surface area contributed by atoms with Gasteiger partial charge in [-0.15, -0.1) is 0 Å². The van der Waals surface area contributed by atoms with Crippen molar-refractivity contribution in [2.24, 2.45) is 0 Å². The van der Waals surface area contributed by atoms with Gasteiger partial charge in [0.2, 0.25) is 0 Å². The summed E-state index contributed by atoms with van der Waals surface area (Å²) >= 11 is 0. The summed E-state index contributed by atoms with van der Waals surface area (Å²) in [6.07, 6.45) is 0. The molecule has 0 saturated carbocycles. The van der Waals surface area contributed by atoms with Gasteiger partial charge in [-0.2, -0.15) is 0 Å². The summed E-state index contributed by atoms with van der Waals surface area (Å²) < 4.78 is 0. The monoisotopic (exact) mass is 361 g/mol. The normalized spacial score (nSPS) is 0. The van der Waals surface area contributed by atoms with Crippen molar-refractivity contribution < 1.29 is 119 Å². The van der Waals surface area contributed by atoms with E-state index in [0.29, 0.717) is 0 Å². The average Bonchev–Trinajstić information content (AvgIpc) is 0. The van der Waals surface area contributed by atoms with Crippen LogP contribution in [0.3, 0.4) is 0 Å². The maximum atomic E-state index is 0. The van der Waals surface area contributed by atoms with Crippen molar-refractivity contribution in [3.05, 3.63) is 0 Å². The molecule has 0 aromatic rings. The second-order valence-electron chi connectivity index (χ2n) is 0. The van der Waals surface area contributed by atoms with Gasteiger partial charge in [0.1, 0.15) is 0 Å². The number of hydrogen-bond donors (Lipinski definition) is 0. The van der Waals surface area contributed by atoms with Gasteiger partial charge < -0.3 is 5.48 Å². The van der Waals surface area contributed by atoms with E-state index in [1.165, 1.54) is 0 Å². The number of rotatable bonds is 0. The van der Waals surface area contributed by atoms with Crippen LogP contribution in [-0.2, 0) is 54.1 Å². The van der Waals surface area contributed by atoms with Crippen LogP contribution < -0.4 is 29.6 Å². The molecule has 5 heteroatoms. The van der Waals surface area contributed by atoms with Crippen molar-refractivity contribution in [2.45, 2.75) is 0 Å². The van der Waals surface area contributed by atoms with E-state index in [1.54, 1.807) is 0 Å². The van der Waals surface area contributed by atoms with E-state index in [-0.39, 0.29) is 119 Å². The van der Waals surface area contributed by atoms with E-state index in [0.717, 1.165) is 0 Å². The van der Waals surface area contributed by atoms with Crippen LogP contribution in [0.25, 0.3) is 0 Å². The molecular weight excluding hydrogens is 362 g/mol. The summed E-state index contributed by atoms with van der Waals surface area (Å²) in [5.41, 5.74) is 0. The molecule has 1 nitrogen and oxygen atoms in total. The first-order valence-electron chi connectivity index (χ1n) is 0. The molecule has 0 bridgehead atoms. The third-order valence-electron chi connectivity index (χ3n) is 0. The molecule has 0 rings (SSSR count). The van der Waals surface area contributed by atoms with Crippen LogP contribution >= 0.6 is 0 Å². The minimum Gasteiger partial charge on any atom is -2.00 e. The van der Waals surface area contributed by atoms with Crippen LogP contribution in [0.5, 0.6) is 0 Å².